The van der Waals surface area contributed by atoms with Crippen LogP contribution in [0.2, 0.25) is 0 Å². The lowest BCUT2D eigenvalue weighted by Crippen LogP contribution is -2.69. The summed E-state index contributed by atoms with van der Waals surface area (Å²) >= 11 is 0. The zero-order valence-corrected chi connectivity index (χ0v) is 29.5. The van der Waals surface area contributed by atoms with Crippen LogP contribution in [0.25, 0.3) is 0 Å². The molecule has 270 valence electrons. The molecule has 0 saturated carbocycles. The summed E-state index contributed by atoms with van der Waals surface area (Å²) in [6.45, 7) is 12.9. The summed E-state index contributed by atoms with van der Waals surface area (Å²) in [5.41, 5.74) is 2.25. The van der Waals surface area contributed by atoms with Gasteiger partial charge in [-0.3, -0.25) is 4.79 Å². The second-order valence-electron chi connectivity index (χ2n) is 13.9. The predicted molar refractivity (Wildman–Crippen MR) is 181 cm³/mol. The molecular formula is C38H53NO10. The van der Waals surface area contributed by atoms with Crippen molar-refractivity contribution in [3.8, 4) is 0 Å². The highest BCUT2D eigenvalue weighted by Gasteiger charge is 2.57. The maximum Gasteiger partial charge on any atom is 0.256 e. The van der Waals surface area contributed by atoms with E-state index in [0.717, 1.165) is 16.7 Å². The lowest BCUT2D eigenvalue weighted by atomic mass is 9.72. The quantitative estimate of drug-likeness (QED) is 0.275. The van der Waals surface area contributed by atoms with E-state index in [0.29, 0.717) is 6.61 Å². The van der Waals surface area contributed by atoms with E-state index in [1.165, 1.54) is 7.11 Å². The average Bonchev–Trinajstić information content (AvgIpc) is 3.08. The maximum absolute atomic E-state index is 14.3. The topological polar surface area (TPSA) is 123 Å². The number of fused-ring (bicyclic) bond motifs is 1. The number of rotatable bonds is 14. The molecular weight excluding hydrogens is 630 g/mol. The number of carbonyl (C=O) groups excluding carboxylic acids is 1. The van der Waals surface area contributed by atoms with E-state index in [1.54, 1.807) is 7.11 Å². The molecule has 2 N–H and O–H groups in total. The number of aliphatic hydroxyl groups is 1. The fourth-order valence-electron chi connectivity index (χ4n) is 7.08. The molecule has 0 bridgehead atoms. The first-order chi connectivity index (χ1) is 23.5. The van der Waals surface area contributed by atoms with Gasteiger partial charge in [-0.1, -0.05) is 93.6 Å². The minimum Gasteiger partial charge on any atom is -0.391 e. The van der Waals surface area contributed by atoms with Crippen LogP contribution >= 0.6 is 0 Å². The van der Waals surface area contributed by atoms with Gasteiger partial charge in [-0.2, -0.15) is 0 Å². The molecule has 3 fully saturated rings. The summed E-state index contributed by atoms with van der Waals surface area (Å²) in [7, 11) is 3.14. The Bertz CT molecular complexity index is 1360. The van der Waals surface area contributed by atoms with Crippen LogP contribution in [0.4, 0.5) is 0 Å². The standard InChI is InChI=1S/C38H53NO10/c1-24-19-38(43-7,49-26(3)25(24)2)34(45-21-28-16-12-9-13-17-28)35(41)39-36-32-31(46-23-47-36)33(42-6)37(4,5)30(48-32)18-29(40)22-44-20-27-14-10-8-11-15-27/h8-17,25-26,29-34,36,40H,1,18-23H2,2-7H3,(H,39,41)/t25-,26-,29-,30-,31+,32+,33-,34-,36-,38-/m1/s1. The number of carbonyl (C=O) groups is 1. The van der Waals surface area contributed by atoms with Crippen molar-refractivity contribution in [1.29, 1.82) is 0 Å². The SMILES string of the molecule is C=C1C[C@](OC)([C@H](OCc2ccccc2)C(=O)N[C@@H]2OCO[C@H]3[C@@H]2O[C@H](C[C@@H](O)COCc2ccccc2)C(C)(C)[C@@H]3OC)O[C@H](C)[C@@H]1C. The summed E-state index contributed by atoms with van der Waals surface area (Å²) in [5.74, 6) is -1.85. The molecule has 2 aromatic rings. The Morgan fingerprint density at radius 3 is 2.27 bits per heavy atom. The van der Waals surface area contributed by atoms with Gasteiger partial charge in [0.1, 0.15) is 19.0 Å². The molecule has 3 aliphatic rings. The molecule has 2 aromatic carbocycles. The van der Waals surface area contributed by atoms with E-state index in [1.807, 2.05) is 88.4 Å². The van der Waals surface area contributed by atoms with Crippen molar-refractivity contribution in [3.63, 3.8) is 0 Å². The number of aliphatic hydroxyl groups excluding tert-OH is 1. The third-order valence-corrected chi connectivity index (χ3v) is 10.2. The molecule has 49 heavy (non-hydrogen) atoms. The number of hydrogen-bond acceptors (Lipinski definition) is 10. The second kappa shape index (κ2) is 16.5. The van der Waals surface area contributed by atoms with E-state index < -0.39 is 60.0 Å². The number of hydrogen-bond donors (Lipinski definition) is 2. The smallest absolute Gasteiger partial charge is 0.256 e. The average molecular weight is 684 g/mol. The summed E-state index contributed by atoms with van der Waals surface area (Å²) in [4.78, 5) is 14.3. The van der Waals surface area contributed by atoms with Gasteiger partial charge >= 0.3 is 0 Å². The minimum absolute atomic E-state index is 0.0710. The first kappa shape index (κ1) is 37.5. The maximum atomic E-state index is 14.3. The van der Waals surface area contributed by atoms with E-state index in [4.69, 9.17) is 37.9 Å². The Morgan fingerprint density at radius 1 is 1.00 bits per heavy atom. The van der Waals surface area contributed by atoms with Gasteiger partial charge in [-0.15, -0.1) is 0 Å². The molecule has 0 unspecified atom stereocenters. The van der Waals surface area contributed by atoms with Crippen LogP contribution in [0.1, 0.15) is 51.7 Å². The number of benzene rings is 2. The Hall–Kier alpha value is -2.71. The highest BCUT2D eigenvalue weighted by molar-refractivity contribution is 5.82. The minimum atomic E-state index is -1.43. The Balaban J connectivity index is 1.33. The highest BCUT2D eigenvalue weighted by Crippen LogP contribution is 2.44. The van der Waals surface area contributed by atoms with E-state index in [9.17, 15) is 9.90 Å². The van der Waals surface area contributed by atoms with Gasteiger partial charge in [0.2, 0.25) is 5.79 Å². The van der Waals surface area contributed by atoms with Crippen LogP contribution in [0, 0.1) is 11.3 Å². The van der Waals surface area contributed by atoms with Crippen LogP contribution in [0.5, 0.6) is 0 Å². The predicted octanol–water partition coefficient (Wildman–Crippen LogP) is 4.51. The largest absolute Gasteiger partial charge is 0.391 e. The first-order valence-corrected chi connectivity index (χ1v) is 17.1. The van der Waals surface area contributed by atoms with E-state index in [-0.39, 0.29) is 44.9 Å². The van der Waals surface area contributed by atoms with Gasteiger partial charge in [0.25, 0.3) is 5.91 Å². The van der Waals surface area contributed by atoms with Gasteiger partial charge in [0, 0.05) is 38.4 Å². The number of amides is 1. The lowest BCUT2D eigenvalue weighted by Gasteiger charge is -2.54. The molecule has 3 aliphatic heterocycles. The van der Waals surface area contributed by atoms with Crippen molar-refractivity contribution in [3.05, 3.63) is 83.9 Å². The number of methoxy groups -OCH3 is 2. The summed E-state index contributed by atoms with van der Waals surface area (Å²) in [6.07, 6.45) is -4.88. The molecule has 0 radical (unpaired) electrons. The molecule has 10 atom stereocenters. The van der Waals surface area contributed by atoms with Crippen LogP contribution < -0.4 is 5.32 Å². The summed E-state index contributed by atoms with van der Waals surface area (Å²) in [6, 6.07) is 19.4. The Kier molecular flexibility index (Phi) is 12.7. The van der Waals surface area contributed by atoms with Crippen molar-refractivity contribution in [1.82, 2.24) is 5.32 Å². The first-order valence-electron chi connectivity index (χ1n) is 17.1. The van der Waals surface area contributed by atoms with Gasteiger partial charge in [-0.05, 0) is 18.1 Å². The number of ether oxygens (including phenoxy) is 8. The van der Waals surface area contributed by atoms with Crippen molar-refractivity contribution >= 4 is 5.91 Å². The zero-order chi connectivity index (χ0) is 35.2. The monoisotopic (exact) mass is 683 g/mol. The van der Waals surface area contributed by atoms with Crippen LogP contribution in [-0.2, 0) is 55.9 Å². The van der Waals surface area contributed by atoms with Crippen molar-refractivity contribution in [2.45, 2.75) is 108 Å². The molecule has 0 aliphatic carbocycles. The molecule has 1 amide bonds. The van der Waals surface area contributed by atoms with Gasteiger partial charge in [-0.25, -0.2) is 0 Å². The summed E-state index contributed by atoms with van der Waals surface area (Å²) < 4.78 is 49.3. The molecule has 3 saturated heterocycles. The molecule has 0 aromatic heterocycles. The third-order valence-electron chi connectivity index (χ3n) is 10.2. The van der Waals surface area contributed by atoms with Crippen LogP contribution in [0.3, 0.4) is 0 Å². The molecule has 3 heterocycles. The molecule has 0 spiro atoms. The lowest BCUT2D eigenvalue weighted by molar-refractivity contribution is -0.333. The van der Waals surface area contributed by atoms with Crippen molar-refractivity contribution in [2.75, 3.05) is 27.6 Å². The van der Waals surface area contributed by atoms with E-state index in [2.05, 4.69) is 11.9 Å². The van der Waals surface area contributed by atoms with Gasteiger partial charge in [0.15, 0.2) is 12.3 Å². The summed E-state index contributed by atoms with van der Waals surface area (Å²) in [5, 5.41) is 14.1. The van der Waals surface area contributed by atoms with Gasteiger partial charge < -0.3 is 48.3 Å². The molecule has 11 heteroatoms. The fraction of sp³-hybridized carbons (Fsp3) is 0.605. The van der Waals surface area contributed by atoms with Gasteiger partial charge in [0.05, 0.1) is 44.2 Å². The molecule has 11 nitrogen and oxygen atoms in total. The van der Waals surface area contributed by atoms with Crippen LogP contribution in [0.15, 0.2) is 72.8 Å². The normalized spacial score (nSPS) is 32.6. The Morgan fingerprint density at radius 2 is 1.65 bits per heavy atom. The van der Waals surface area contributed by atoms with Crippen molar-refractivity contribution < 1.29 is 47.8 Å². The zero-order valence-electron chi connectivity index (χ0n) is 29.5. The van der Waals surface area contributed by atoms with Crippen LogP contribution in [-0.4, -0.2) is 93.4 Å². The number of nitrogens with one attached hydrogen (secondary N) is 1. The molecule has 5 rings (SSSR count). The Labute approximate surface area is 290 Å². The van der Waals surface area contributed by atoms with Crippen molar-refractivity contribution in [2.24, 2.45) is 11.3 Å². The second-order valence-corrected chi connectivity index (χ2v) is 13.9. The fourth-order valence-corrected chi connectivity index (χ4v) is 7.08. The van der Waals surface area contributed by atoms with E-state index >= 15 is 0 Å². The highest BCUT2D eigenvalue weighted by atomic mass is 16.7. The third kappa shape index (κ3) is 8.61.